The van der Waals surface area contributed by atoms with Crippen LogP contribution in [-0.2, 0) is 16.1 Å². The molecule has 2 N–H and O–H groups in total. The molecule has 2 heterocycles. The zero-order valence-electron chi connectivity index (χ0n) is 12.2. The third kappa shape index (κ3) is 4.05. The van der Waals surface area contributed by atoms with Crippen LogP contribution < -0.4 is 5.73 Å². The lowest BCUT2D eigenvalue weighted by molar-refractivity contribution is -0.141. The third-order valence-corrected chi connectivity index (χ3v) is 3.44. The van der Waals surface area contributed by atoms with Crippen molar-refractivity contribution in [3.05, 3.63) is 18.5 Å². The normalized spacial score (nSPS) is 21.2. The van der Waals surface area contributed by atoms with E-state index in [1.165, 1.54) is 0 Å². The molecule has 1 aliphatic rings. The van der Waals surface area contributed by atoms with E-state index in [-0.39, 0.29) is 12.0 Å². The Morgan fingerprint density at radius 1 is 1.55 bits per heavy atom. The maximum Gasteiger partial charge on any atom is 0.239 e. The summed E-state index contributed by atoms with van der Waals surface area (Å²) < 4.78 is 7.52. The molecule has 0 saturated carbocycles. The van der Waals surface area contributed by atoms with E-state index < -0.39 is 6.04 Å². The highest BCUT2D eigenvalue weighted by molar-refractivity contribution is 5.81. The largest absolute Gasteiger partial charge is 0.373 e. The number of nitrogens with two attached hydrogens (primary N) is 1. The van der Waals surface area contributed by atoms with E-state index >= 15 is 0 Å². The molecule has 0 aliphatic carbocycles. The Bertz CT molecular complexity index is 419. The van der Waals surface area contributed by atoms with E-state index in [2.05, 4.69) is 18.9 Å². The van der Waals surface area contributed by atoms with E-state index in [1.807, 2.05) is 21.8 Å². The molecule has 1 amide bonds. The van der Waals surface area contributed by atoms with Gasteiger partial charge < -0.3 is 15.4 Å². The fourth-order valence-corrected chi connectivity index (χ4v) is 2.49. The molecule has 2 rings (SSSR count). The molecule has 0 aromatic carbocycles. The molecule has 0 spiro atoms. The average Bonchev–Trinajstić information content (AvgIpc) is 2.90. The molecule has 1 aromatic rings. The highest BCUT2D eigenvalue weighted by Gasteiger charge is 2.28. The number of carbonyl (C=O) groups is 1. The number of ether oxygens (including phenoxy) is 1. The maximum atomic E-state index is 12.3. The van der Waals surface area contributed by atoms with Crippen molar-refractivity contribution in [3.63, 3.8) is 0 Å². The van der Waals surface area contributed by atoms with Gasteiger partial charge >= 0.3 is 0 Å². The first kappa shape index (κ1) is 15.0. The number of carbonyl (C=O) groups excluding carboxylic acids is 1. The number of amides is 1. The molecule has 1 unspecified atom stereocenters. The van der Waals surface area contributed by atoms with Crippen LogP contribution in [-0.4, -0.2) is 52.4 Å². The summed E-state index contributed by atoms with van der Waals surface area (Å²) >= 11 is 0. The Labute approximate surface area is 119 Å². The van der Waals surface area contributed by atoms with Gasteiger partial charge in [-0.1, -0.05) is 13.8 Å². The van der Waals surface area contributed by atoms with Crippen molar-refractivity contribution in [2.24, 2.45) is 11.7 Å². The molecule has 112 valence electrons. The Hall–Kier alpha value is -1.40. The van der Waals surface area contributed by atoms with Gasteiger partial charge in [0.15, 0.2) is 0 Å². The molecule has 6 nitrogen and oxygen atoms in total. The standard InChI is InChI=1S/C14H24N4O2/c1-11(2)8-13(15)14(19)17-6-7-20-12(9-17)10-18-5-3-4-16-18/h3-5,11-13H,6-10,15H2,1-2H3/t12?,13-/m0/s1. The van der Waals surface area contributed by atoms with Gasteiger partial charge in [-0.25, -0.2) is 0 Å². The second-order valence-electron chi connectivity index (χ2n) is 5.74. The van der Waals surface area contributed by atoms with Gasteiger partial charge in [0.1, 0.15) is 0 Å². The summed E-state index contributed by atoms with van der Waals surface area (Å²) in [6.07, 6.45) is 4.35. The minimum atomic E-state index is -0.404. The van der Waals surface area contributed by atoms with Gasteiger partial charge in [0.2, 0.25) is 5.91 Å². The monoisotopic (exact) mass is 280 g/mol. The summed E-state index contributed by atoms with van der Waals surface area (Å²) in [5.74, 6) is 0.460. The van der Waals surface area contributed by atoms with Gasteiger partial charge in [-0.05, 0) is 18.4 Å². The first-order chi connectivity index (χ1) is 9.56. The Morgan fingerprint density at radius 3 is 3.00 bits per heavy atom. The van der Waals surface area contributed by atoms with Gasteiger partial charge in [-0.2, -0.15) is 5.10 Å². The zero-order valence-corrected chi connectivity index (χ0v) is 12.2. The number of aromatic nitrogens is 2. The second-order valence-corrected chi connectivity index (χ2v) is 5.74. The van der Waals surface area contributed by atoms with Crippen molar-refractivity contribution in [1.82, 2.24) is 14.7 Å². The van der Waals surface area contributed by atoms with Crippen LogP contribution in [0.2, 0.25) is 0 Å². The van der Waals surface area contributed by atoms with Crippen LogP contribution in [0.5, 0.6) is 0 Å². The summed E-state index contributed by atoms with van der Waals surface area (Å²) in [6, 6.07) is 1.48. The zero-order chi connectivity index (χ0) is 14.5. The highest BCUT2D eigenvalue weighted by atomic mass is 16.5. The SMILES string of the molecule is CC(C)C[C@H](N)C(=O)N1CCOC(Cn2cccn2)C1. The molecule has 20 heavy (non-hydrogen) atoms. The predicted octanol–water partition coefficient (Wildman–Crippen LogP) is 0.484. The predicted molar refractivity (Wildman–Crippen MR) is 76.0 cm³/mol. The second kappa shape index (κ2) is 6.85. The van der Waals surface area contributed by atoms with E-state index in [9.17, 15) is 4.79 Å². The number of rotatable bonds is 5. The van der Waals surface area contributed by atoms with E-state index in [1.54, 1.807) is 6.20 Å². The topological polar surface area (TPSA) is 73.4 Å². The molecular weight excluding hydrogens is 256 g/mol. The molecule has 0 radical (unpaired) electrons. The lowest BCUT2D eigenvalue weighted by Crippen LogP contribution is -2.52. The Balaban J connectivity index is 1.87. The van der Waals surface area contributed by atoms with Gasteiger partial charge in [-0.3, -0.25) is 9.48 Å². The van der Waals surface area contributed by atoms with Crippen molar-refractivity contribution < 1.29 is 9.53 Å². The minimum Gasteiger partial charge on any atom is -0.373 e. The van der Waals surface area contributed by atoms with Crippen molar-refractivity contribution in [1.29, 1.82) is 0 Å². The molecular formula is C14H24N4O2. The van der Waals surface area contributed by atoms with Crippen molar-refractivity contribution >= 4 is 5.91 Å². The van der Waals surface area contributed by atoms with Crippen LogP contribution in [0.3, 0.4) is 0 Å². The minimum absolute atomic E-state index is 0.0150. The van der Waals surface area contributed by atoms with Crippen LogP contribution in [0.25, 0.3) is 0 Å². The number of hydrogen-bond donors (Lipinski definition) is 1. The summed E-state index contributed by atoms with van der Waals surface area (Å²) in [7, 11) is 0. The fraction of sp³-hybridized carbons (Fsp3) is 0.714. The molecule has 1 saturated heterocycles. The molecule has 2 atom stereocenters. The molecule has 1 aromatic heterocycles. The summed E-state index contributed by atoms with van der Waals surface area (Å²) in [6.45, 7) is 6.59. The molecule has 1 fully saturated rings. The molecule has 1 aliphatic heterocycles. The summed E-state index contributed by atoms with van der Waals surface area (Å²) in [5.41, 5.74) is 5.98. The van der Waals surface area contributed by atoms with Crippen molar-refractivity contribution in [2.45, 2.75) is 39.0 Å². The van der Waals surface area contributed by atoms with Crippen LogP contribution in [0.15, 0.2) is 18.5 Å². The number of hydrogen-bond acceptors (Lipinski definition) is 4. The van der Waals surface area contributed by atoms with Crippen LogP contribution in [0.1, 0.15) is 20.3 Å². The lowest BCUT2D eigenvalue weighted by atomic mass is 10.0. The van der Waals surface area contributed by atoms with Crippen molar-refractivity contribution in [2.75, 3.05) is 19.7 Å². The van der Waals surface area contributed by atoms with Gasteiger partial charge in [0.05, 0.1) is 25.3 Å². The van der Waals surface area contributed by atoms with Crippen LogP contribution in [0, 0.1) is 5.92 Å². The molecule has 0 bridgehead atoms. The Kier molecular flexibility index (Phi) is 5.14. The van der Waals surface area contributed by atoms with Crippen molar-refractivity contribution in [3.8, 4) is 0 Å². The quantitative estimate of drug-likeness (QED) is 0.851. The Morgan fingerprint density at radius 2 is 2.35 bits per heavy atom. The summed E-state index contributed by atoms with van der Waals surface area (Å²) in [4.78, 5) is 14.1. The summed E-state index contributed by atoms with van der Waals surface area (Å²) in [5, 5.41) is 4.16. The first-order valence-electron chi connectivity index (χ1n) is 7.19. The van der Waals surface area contributed by atoms with E-state index in [0.29, 0.717) is 32.2 Å². The van der Waals surface area contributed by atoms with E-state index in [4.69, 9.17) is 10.5 Å². The maximum absolute atomic E-state index is 12.3. The lowest BCUT2D eigenvalue weighted by Gasteiger charge is -2.34. The third-order valence-electron chi connectivity index (χ3n) is 3.44. The van der Waals surface area contributed by atoms with Crippen LogP contribution in [0.4, 0.5) is 0 Å². The number of morpholine rings is 1. The highest BCUT2D eigenvalue weighted by Crippen LogP contribution is 2.11. The van der Waals surface area contributed by atoms with Gasteiger partial charge in [0, 0.05) is 25.5 Å². The van der Waals surface area contributed by atoms with Gasteiger partial charge in [-0.15, -0.1) is 0 Å². The fourth-order valence-electron chi connectivity index (χ4n) is 2.49. The van der Waals surface area contributed by atoms with Gasteiger partial charge in [0.25, 0.3) is 0 Å². The van der Waals surface area contributed by atoms with Crippen LogP contribution >= 0.6 is 0 Å². The molecule has 6 heteroatoms. The average molecular weight is 280 g/mol. The van der Waals surface area contributed by atoms with E-state index in [0.717, 1.165) is 6.42 Å². The smallest absolute Gasteiger partial charge is 0.239 e. The first-order valence-corrected chi connectivity index (χ1v) is 7.19. The number of nitrogens with zero attached hydrogens (tertiary/aromatic N) is 3.